The largest absolute Gasteiger partial charge is 0.444 e. The molecule has 0 saturated heterocycles. The molecule has 0 spiro atoms. The van der Waals surface area contributed by atoms with Crippen LogP contribution in [-0.4, -0.2) is 46.4 Å². The van der Waals surface area contributed by atoms with Crippen molar-refractivity contribution in [3.8, 4) is 0 Å². The summed E-state index contributed by atoms with van der Waals surface area (Å²) >= 11 is 0. The molecule has 0 aliphatic heterocycles. The Morgan fingerprint density at radius 2 is 1.88 bits per heavy atom. The van der Waals surface area contributed by atoms with Gasteiger partial charge in [-0.05, 0) is 48.5 Å². The summed E-state index contributed by atoms with van der Waals surface area (Å²) < 4.78 is 10.3. The number of nitrogens with one attached hydrogen (secondary N) is 3. The lowest BCUT2D eigenvalue weighted by atomic mass is 10.1. The minimum Gasteiger partial charge on any atom is -0.444 e. The number of halogens is 1. The molecule has 0 unspecified atom stereocenters. The Kier molecular flexibility index (Phi) is 9.89. The van der Waals surface area contributed by atoms with Gasteiger partial charge >= 0.3 is 6.09 Å². The van der Waals surface area contributed by atoms with E-state index in [1.807, 2.05) is 41.5 Å². The second-order valence-electron chi connectivity index (χ2n) is 7.29. The number of carbonyl (C=O) groups excluding carboxylic acids is 1. The van der Waals surface area contributed by atoms with Crippen molar-refractivity contribution in [1.29, 1.82) is 0 Å². The maximum absolute atomic E-state index is 11.9. The summed E-state index contributed by atoms with van der Waals surface area (Å²) in [6.07, 6.45) is -0.456. The van der Waals surface area contributed by atoms with Crippen LogP contribution in [0.1, 0.15) is 53.3 Å². The predicted octanol–water partition coefficient (Wildman–Crippen LogP) is 2.35. The Balaban J connectivity index is 0.00000625. The number of hydrogen-bond donors (Lipinski definition) is 3. The number of rotatable bonds is 6. The number of ether oxygens (including phenoxy) is 1. The summed E-state index contributed by atoms with van der Waals surface area (Å²) in [5.41, 5.74) is -1.06. The number of hydrogen-bond acceptors (Lipinski definition) is 6. The molecule has 1 heterocycles. The zero-order valence-electron chi connectivity index (χ0n) is 16.6. The fourth-order valence-electron chi connectivity index (χ4n) is 1.82. The molecule has 1 aromatic rings. The number of nitrogens with zero attached hydrogens (tertiary/aromatic N) is 3. The van der Waals surface area contributed by atoms with Crippen molar-refractivity contribution in [2.24, 2.45) is 4.99 Å². The van der Waals surface area contributed by atoms with Gasteiger partial charge in [0.2, 0.25) is 5.89 Å². The van der Waals surface area contributed by atoms with Crippen LogP contribution in [0.25, 0.3) is 0 Å². The van der Waals surface area contributed by atoms with E-state index in [1.165, 1.54) is 0 Å². The van der Waals surface area contributed by atoms with E-state index in [1.54, 1.807) is 6.92 Å². The first-order chi connectivity index (χ1) is 11.5. The molecule has 10 heteroatoms. The zero-order valence-corrected chi connectivity index (χ0v) is 18.9. The molecule has 0 saturated carbocycles. The number of alkyl carbamates (subject to hydrolysis) is 1. The van der Waals surface area contributed by atoms with E-state index in [2.05, 4.69) is 31.1 Å². The van der Waals surface area contributed by atoms with Gasteiger partial charge in [0.15, 0.2) is 11.8 Å². The highest BCUT2D eigenvalue weighted by Crippen LogP contribution is 2.09. The van der Waals surface area contributed by atoms with Crippen molar-refractivity contribution < 1.29 is 14.1 Å². The predicted molar refractivity (Wildman–Crippen MR) is 111 cm³/mol. The third-order valence-electron chi connectivity index (χ3n) is 2.82. The van der Waals surface area contributed by atoms with Gasteiger partial charge in [0.25, 0.3) is 0 Å². The second-order valence-corrected chi connectivity index (χ2v) is 7.29. The molecule has 0 bridgehead atoms. The summed E-state index contributed by atoms with van der Waals surface area (Å²) in [6.45, 7) is 14.4. The van der Waals surface area contributed by atoms with Crippen molar-refractivity contribution in [3.05, 3.63) is 11.7 Å². The van der Waals surface area contributed by atoms with Gasteiger partial charge in [-0.15, -0.1) is 24.0 Å². The molecule has 3 N–H and O–H groups in total. The van der Waals surface area contributed by atoms with Crippen molar-refractivity contribution in [2.75, 3.05) is 13.1 Å². The van der Waals surface area contributed by atoms with E-state index in [4.69, 9.17) is 9.26 Å². The summed E-state index contributed by atoms with van der Waals surface area (Å²) in [6, 6.07) is 0. The molecule has 0 radical (unpaired) electrons. The zero-order chi connectivity index (χ0) is 19.1. The third kappa shape index (κ3) is 10.4. The monoisotopic (exact) mass is 482 g/mol. The lowest BCUT2D eigenvalue weighted by Crippen LogP contribution is -2.54. The van der Waals surface area contributed by atoms with E-state index in [0.29, 0.717) is 30.8 Å². The minimum atomic E-state index is -0.536. The summed E-state index contributed by atoms with van der Waals surface area (Å²) in [5, 5.41) is 12.9. The molecule has 0 aliphatic rings. The normalized spacial score (nSPS) is 12.2. The Labute approximate surface area is 172 Å². The van der Waals surface area contributed by atoms with Crippen LogP contribution in [0, 0.1) is 6.92 Å². The average molecular weight is 482 g/mol. The number of guanidine groups is 1. The smallest absolute Gasteiger partial charge is 0.408 e. The average Bonchev–Trinajstić information content (AvgIpc) is 2.85. The van der Waals surface area contributed by atoms with Crippen LogP contribution in [0.3, 0.4) is 0 Å². The SMILES string of the molecule is CCNC(=NCc1nc(C)no1)NCC(C)(C)NC(=O)OC(C)(C)C.I. The van der Waals surface area contributed by atoms with Gasteiger partial charge in [-0.2, -0.15) is 4.98 Å². The van der Waals surface area contributed by atoms with E-state index in [0.717, 1.165) is 0 Å². The van der Waals surface area contributed by atoms with Crippen molar-refractivity contribution >= 4 is 36.0 Å². The lowest BCUT2D eigenvalue weighted by molar-refractivity contribution is 0.0474. The Bertz CT molecular complexity index is 595. The maximum Gasteiger partial charge on any atom is 0.408 e. The molecule has 1 aromatic heterocycles. The third-order valence-corrected chi connectivity index (χ3v) is 2.82. The highest BCUT2D eigenvalue weighted by atomic mass is 127. The molecule has 26 heavy (non-hydrogen) atoms. The first-order valence-electron chi connectivity index (χ1n) is 8.33. The van der Waals surface area contributed by atoms with Crippen molar-refractivity contribution in [3.63, 3.8) is 0 Å². The topological polar surface area (TPSA) is 114 Å². The van der Waals surface area contributed by atoms with Crippen LogP contribution < -0.4 is 16.0 Å². The molecule has 0 atom stereocenters. The molecule has 1 amide bonds. The van der Waals surface area contributed by atoms with Gasteiger partial charge in [-0.25, -0.2) is 9.79 Å². The highest BCUT2D eigenvalue weighted by molar-refractivity contribution is 14.0. The molecular weight excluding hydrogens is 451 g/mol. The van der Waals surface area contributed by atoms with Gasteiger partial charge in [0.1, 0.15) is 12.1 Å². The highest BCUT2D eigenvalue weighted by Gasteiger charge is 2.24. The van der Waals surface area contributed by atoms with Gasteiger partial charge in [0, 0.05) is 13.1 Å². The molecule has 9 nitrogen and oxygen atoms in total. The van der Waals surface area contributed by atoms with Crippen LogP contribution >= 0.6 is 24.0 Å². The van der Waals surface area contributed by atoms with Crippen LogP contribution in [0.5, 0.6) is 0 Å². The van der Waals surface area contributed by atoms with Crippen molar-refractivity contribution in [1.82, 2.24) is 26.1 Å². The quantitative estimate of drug-likeness (QED) is 0.324. The number of aromatic nitrogens is 2. The van der Waals surface area contributed by atoms with Gasteiger partial charge < -0.3 is 25.2 Å². The Hall–Kier alpha value is -1.59. The Morgan fingerprint density at radius 3 is 2.38 bits per heavy atom. The molecule has 1 rings (SSSR count). The first kappa shape index (κ1) is 24.4. The lowest BCUT2D eigenvalue weighted by Gasteiger charge is -2.29. The van der Waals surface area contributed by atoms with E-state index < -0.39 is 17.2 Å². The van der Waals surface area contributed by atoms with Crippen molar-refractivity contribution in [2.45, 2.75) is 66.2 Å². The standard InChI is InChI=1S/C16H30N6O3.HI/c1-8-17-13(18-9-12-20-11(2)22-25-12)19-10-16(6,7)21-14(23)24-15(3,4)5;/h8-10H2,1-7H3,(H,21,23)(H2,17,18,19);1H. The van der Waals surface area contributed by atoms with Crippen LogP contribution in [0.2, 0.25) is 0 Å². The number of carbonyl (C=O) groups is 1. The van der Waals surface area contributed by atoms with E-state index >= 15 is 0 Å². The minimum absolute atomic E-state index is 0. The first-order valence-corrected chi connectivity index (χ1v) is 8.33. The fraction of sp³-hybridized carbons (Fsp3) is 0.750. The molecule has 0 aromatic carbocycles. The second kappa shape index (κ2) is 10.5. The maximum atomic E-state index is 11.9. The van der Waals surface area contributed by atoms with Gasteiger partial charge in [0.05, 0.1) is 5.54 Å². The van der Waals surface area contributed by atoms with Gasteiger partial charge in [-0.3, -0.25) is 0 Å². The molecule has 150 valence electrons. The summed E-state index contributed by atoms with van der Waals surface area (Å²) in [4.78, 5) is 20.4. The number of amides is 1. The van der Waals surface area contributed by atoms with Gasteiger partial charge in [-0.1, -0.05) is 5.16 Å². The van der Waals surface area contributed by atoms with Crippen LogP contribution in [0.4, 0.5) is 4.79 Å². The number of aryl methyl sites for hydroxylation is 1. The molecule has 0 aliphatic carbocycles. The summed E-state index contributed by atoms with van der Waals surface area (Å²) in [5.74, 6) is 1.61. The van der Waals surface area contributed by atoms with E-state index in [-0.39, 0.29) is 30.5 Å². The summed E-state index contributed by atoms with van der Waals surface area (Å²) in [7, 11) is 0. The van der Waals surface area contributed by atoms with Crippen LogP contribution in [-0.2, 0) is 11.3 Å². The fourth-order valence-corrected chi connectivity index (χ4v) is 1.82. The van der Waals surface area contributed by atoms with E-state index in [9.17, 15) is 4.79 Å². The number of aliphatic imine (C=N–C) groups is 1. The van der Waals surface area contributed by atoms with Crippen LogP contribution in [0.15, 0.2) is 9.52 Å². The molecule has 0 fully saturated rings. The molecular formula is C16H31IN6O3. The Morgan fingerprint density at radius 1 is 1.23 bits per heavy atom.